The van der Waals surface area contributed by atoms with Crippen LogP contribution in [-0.4, -0.2) is 105 Å². The molecular weight excluding hydrogens is 636 g/mol. The molecule has 0 aliphatic carbocycles. The number of carbonyl (C=O) groups excluding carboxylic acids is 3. The standard InChI is InChI=1S/C37H50N8O5/c1-3-26-21-25(23-32-33(26)40-35(47)41(32)2)22-31(34(46)43-17-11-28(12-18-43)42-15-7-4-8-16-42)39-37(49)50-44-19-13-29(14-20-44)45-24-27-9-5-6-10-30(27)38-36(45)48/h5-6,9-10,21,23,28-29,31H,3-4,7-8,11-20,22,24H2,1-2H3,(H,38,48)(H,39,49)(H,40,47). The van der Waals surface area contributed by atoms with Gasteiger partial charge in [-0.2, -0.15) is 0 Å². The van der Waals surface area contributed by atoms with Crippen molar-refractivity contribution < 1.29 is 19.2 Å². The number of rotatable bonds is 8. The molecule has 4 aliphatic heterocycles. The maximum Gasteiger partial charge on any atom is 0.426 e. The molecule has 7 rings (SSSR count). The lowest BCUT2D eigenvalue weighted by Crippen LogP contribution is -2.55. The fourth-order valence-electron chi connectivity index (χ4n) is 8.30. The van der Waals surface area contributed by atoms with Gasteiger partial charge >= 0.3 is 17.8 Å². The van der Waals surface area contributed by atoms with E-state index in [9.17, 15) is 19.2 Å². The molecule has 1 unspecified atom stereocenters. The Kier molecular flexibility index (Phi) is 10.1. The first-order valence-electron chi connectivity index (χ1n) is 18.4. The van der Waals surface area contributed by atoms with Crippen molar-refractivity contribution in [1.82, 2.24) is 34.6 Å². The Bertz CT molecular complexity index is 1760. The number of aromatic amines is 1. The van der Waals surface area contributed by atoms with Crippen LogP contribution in [0, 0.1) is 0 Å². The monoisotopic (exact) mass is 686 g/mol. The number of nitrogens with one attached hydrogen (secondary N) is 3. The molecule has 268 valence electrons. The minimum Gasteiger partial charge on any atom is -0.351 e. The van der Waals surface area contributed by atoms with Crippen molar-refractivity contribution in [3.63, 3.8) is 0 Å². The van der Waals surface area contributed by atoms with Crippen molar-refractivity contribution >= 4 is 34.8 Å². The molecule has 1 aromatic heterocycles. The van der Waals surface area contributed by atoms with E-state index in [0.29, 0.717) is 58.0 Å². The first-order chi connectivity index (χ1) is 24.3. The van der Waals surface area contributed by atoms with E-state index in [1.165, 1.54) is 19.3 Å². The van der Waals surface area contributed by atoms with Crippen LogP contribution in [0.15, 0.2) is 41.2 Å². The molecule has 4 amide bonds. The predicted octanol–water partition coefficient (Wildman–Crippen LogP) is 3.97. The second kappa shape index (κ2) is 14.9. The number of hydrogen-bond donors (Lipinski definition) is 3. The van der Waals surface area contributed by atoms with Crippen LogP contribution in [0.4, 0.5) is 15.3 Å². The highest BCUT2D eigenvalue weighted by Crippen LogP contribution is 2.28. The van der Waals surface area contributed by atoms with Gasteiger partial charge < -0.3 is 35.2 Å². The summed E-state index contributed by atoms with van der Waals surface area (Å²) in [5.41, 5.74) is 5.17. The lowest BCUT2D eigenvalue weighted by Gasteiger charge is -2.41. The average molecular weight is 687 g/mol. The first kappa shape index (κ1) is 34.1. The van der Waals surface area contributed by atoms with Crippen LogP contribution in [0.5, 0.6) is 0 Å². The minimum atomic E-state index is -0.832. The predicted molar refractivity (Wildman–Crippen MR) is 191 cm³/mol. The molecule has 13 nitrogen and oxygen atoms in total. The number of aryl methyl sites for hydroxylation is 2. The highest BCUT2D eigenvalue weighted by atomic mass is 16.7. The summed E-state index contributed by atoms with van der Waals surface area (Å²) in [5, 5.41) is 7.55. The fraction of sp³-hybridized carbons (Fsp3) is 0.568. The molecule has 3 saturated heterocycles. The Morgan fingerprint density at radius 1 is 0.940 bits per heavy atom. The molecule has 3 aromatic rings. The van der Waals surface area contributed by atoms with Crippen molar-refractivity contribution in [2.45, 2.75) is 89.4 Å². The van der Waals surface area contributed by atoms with Gasteiger partial charge in [0.1, 0.15) is 6.04 Å². The third-order valence-electron chi connectivity index (χ3n) is 11.2. The van der Waals surface area contributed by atoms with E-state index >= 15 is 0 Å². The van der Waals surface area contributed by atoms with Gasteiger partial charge in [-0.25, -0.2) is 14.4 Å². The molecular formula is C37H50N8O5. The van der Waals surface area contributed by atoms with Gasteiger partial charge in [-0.15, -0.1) is 5.06 Å². The third-order valence-corrected chi connectivity index (χ3v) is 11.2. The van der Waals surface area contributed by atoms with Crippen LogP contribution >= 0.6 is 0 Å². The smallest absolute Gasteiger partial charge is 0.351 e. The molecule has 2 aromatic carbocycles. The van der Waals surface area contributed by atoms with Gasteiger partial charge in [-0.1, -0.05) is 37.6 Å². The minimum absolute atomic E-state index is 0.0283. The van der Waals surface area contributed by atoms with Gasteiger partial charge in [0.2, 0.25) is 5.91 Å². The molecule has 50 heavy (non-hydrogen) atoms. The molecule has 3 N–H and O–H groups in total. The number of aromatic nitrogens is 2. The molecule has 4 aliphatic rings. The van der Waals surface area contributed by atoms with E-state index in [1.54, 1.807) is 16.7 Å². The van der Waals surface area contributed by atoms with Gasteiger partial charge in [0.05, 0.1) is 11.0 Å². The van der Waals surface area contributed by atoms with Crippen LogP contribution in [0.3, 0.4) is 0 Å². The van der Waals surface area contributed by atoms with Crippen molar-refractivity contribution in [2.75, 3.05) is 44.6 Å². The Balaban J connectivity index is 1.01. The number of anilines is 1. The summed E-state index contributed by atoms with van der Waals surface area (Å²) in [7, 11) is 1.73. The molecule has 3 fully saturated rings. The Labute approximate surface area is 292 Å². The normalized spacial score (nSPS) is 20.4. The number of carbonyl (C=O) groups is 3. The average Bonchev–Trinajstić information content (AvgIpc) is 3.43. The molecule has 0 spiro atoms. The zero-order valence-corrected chi connectivity index (χ0v) is 29.3. The second-order valence-corrected chi connectivity index (χ2v) is 14.3. The van der Waals surface area contributed by atoms with E-state index in [2.05, 4.69) is 20.5 Å². The van der Waals surface area contributed by atoms with Crippen LogP contribution in [-0.2, 0) is 36.1 Å². The largest absolute Gasteiger partial charge is 0.426 e. The lowest BCUT2D eigenvalue weighted by atomic mass is 9.97. The van der Waals surface area contributed by atoms with Gasteiger partial charge in [-0.05, 0) is 86.9 Å². The molecule has 0 saturated carbocycles. The Morgan fingerprint density at radius 2 is 1.66 bits per heavy atom. The van der Waals surface area contributed by atoms with E-state index in [4.69, 9.17) is 4.84 Å². The molecule has 0 radical (unpaired) electrons. The number of benzene rings is 2. The van der Waals surface area contributed by atoms with Gasteiger partial charge in [0.15, 0.2) is 0 Å². The summed E-state index contributed by atoms with van der Waals surface area (Å²) in [6, 6.07) is 11.4. The number of amides is 4. The first-order valence-corrected chi connectivity index (χ1v) is 18.4. The van der Waals surface area contributed by atoms with Crippen LogP contribution < -0.4 is 16.3 Å². The number of H-pyrrole nitrogens is 1. The SMILES string of the molecule is CCc1cc(CC(NC(=O)ON2CCC(N3Cc4ccccc4NC3=O)CC2)C(=O)N2CCC(N3CCCCC3)CC2)cc2c1[nH]c(=O)n2C. The number of imidazole rings is 1. The second-order valence-electron chi connectivity index (χ2n) is 14.3. The number of para-hydroxylation sites is 1. The maximum absolute atomic E-state index is 14.2. The fourth-order valence-corrected chi connectivity index (χ4v) is 8.30. The summed E-state index contributed by atoms with van der Waals surface area (Å²) in [5.74, 6) is -0.116. The number of hydrogen-bond acceptors (Lipinski definition) is 7. The van der Waals surface area contributed by atoms with Crippen molar-refractivity contribution in [2.24, 2.45) is 7.05 Å². The topological polar surface area (TPSA) is 135 Å². The van der Waals surface area contributed by atoms with Gasteiger partial charge in [0, 0.05) is 64.0 Å². The van der Waals surface area contributed by atoms with Crippen molar-refractivity contribution in [3.8, 4) is 0 Å². The third kappa shape index (κ3) is 7.25. The van der Waals surface area contributed by atoms with E-state index in [1.807, 2.05) is 53.1 Å². The quantitative estimate of drug-likeness (QED) is 0.327. The number of urea groups is 1. The lowest BCUT2D eigenvalue weighted by molar-refractivity contribution is -0.137. The number of fused-ring (bicyclic) bond motifs is 2. The Hall–Kier alpha value is -4.36. The van der Waals surface area contributed by atoms with E-state index in [0.717, 1.165) is 59.3 Å². The molecule has 1 atom stereocenters. The Morgan fingerprint density at radius 3 is 2.40 bits per heavy atom. The van der Waals surface area contributed by atoms with Gasteiger partial charge in [-0.3, -0.25) is 9.36 Å². The summed E-state index contributed by atoms with van der Waals surface area (Å²) in [4.78, 5) is 68.0. The summed E-state index contributed by atoms with van der Waals surface area (Å²) < 4.78 is 1.58. The molecule has 0 bridgehead atoms. The van der Waals surface area contributed by atoms with Crippen LogP contribution in [0.25, 0.3) is 11.0 Å². The highest BCUT2D eigenvalue weighted by Gasteiger charge is 2.35. The number of likely N-dealkylation sites (tertiary alicyclic amines) is 2. The van der Waals surface area contributed by atoms with Crippen molar-refractivity contribution in [3.05, 3.63) is 63.6 Å². The van der Waals surface area contributed by atoms with E-state index < -0.39 is 12.1 Å². The molecule has 13 heteroatoms. The number of piperidine rings is 3. The van der Waals surface area contributed by atoms with E-state index in [-0.39, 0.29) is 30.1 Å². The van der Waals surface area contributed by atoms with Crippen LogP contribution in [0.1, 0.15) is 68.6 Å². The maximum atomic E-state index is 14.2. The zero-order valence-electron chi connectivity index (χ0n) is 29.3. The molecule has 5 heterocycles. The van der Waals surface area contributed by atoms with Crippen molar-refractivity contribution in [1.29, 1.82) is 0 Å². The highest BCUT2D eigenvalue weighted by molar-refractivity contribution is 5.92. The van der Waals surface area contributed by atoms with Crippen LogP contribution in [0.2, 0.25) is 0 Å². The van der Waals surface area contributed by atoms with Gasteiger partial charge in [0.25, 0.3) is 0 Å². The number of nitrogens with zero attached hydrogens (tertiary/aromatic N) is 5. The summed E-state index contributed by atoms with van der Waals surface area (Å²) >= 11 is 0. The zero-order chi connectivity index (χ0) is 34.8. The number of hydroxylamine groups is 2. The summed E-state index contributed by atoms with van der Waals surface area (Å²) in [6.45, 7) is 7.12. The summed E-state index contributed by atoms with van der Waals surface area (Å²) in [6.07, 6.45) is 7.26.